The summed E-state index contributed by atoms with van der Waals surface area (Å²) in [5.74, 6) is 1.20. The molecule has 1 aliphatic rings. The molecule has 2 aromatic carbocycles. The smallest absolute Gasteiger partial charge is 0.254 e. The van der Waals surface area contributed by atoms with E-state index in [0.29, 0.717) is 12.5 Å². The van der Waals surface area contributed by atoms with Gasteiger partial charge in [0.1, 0.15) is 11.3 Å². The molecule has 0 saturated carbocycles. The molecule has 0 aliphatic carbocycles. The summed E-state index contributed by atoms with van der Waals surface area (Å²) in [6.45, 7) is 2.46. The molecule has 2 heterocycles. The van der Waals surface area contributed by atoms with E-state index in [9.17, 15) is 4.79 Å². The second-order valence-electron chi connectivity index (χ2n) is 7.26. The lowest BCUT2D eigenvalue weighted by atomic mass is 9.93. The number of hydrogen-bond donors (Lipinski definition) is 1. The van der Waals surface area contributed by atoms with Crippen molar-refractivity contribution in [3.8, 4) is 5.75 Å². The van der Waals surface area contributed by atoms with Crippen LogP contribution in [0.2, 0.25) is 0 Å². The first-order valence-electron chi connectivity index (χ1n) is 9.64. The van der Waals surface area contributed by atoms with E-state index in [4.69, 9.17) is 4.74 Å². The van der Waals surface area contributed by atoms with Crippen molar-refractivity contribution in [2.24, 2.45) is 0 Å². The molecule has 144 valence electrons. The van der Waals surface area contributed by atoms with Crippen molar-refractivity contribution in [1.82, 2.24) is 15.2 Å². The number of rotatable bonds is 5. The predicted octanol–water partition coefficient (Wildman–Crippen LogP) is 3.59. The maximum Gasteiger partial charge on any atom is 0.254 e. The summed E-state index contributed by atoms with van der Waals surface area (Å²) in [5, 5.41) is 4.40. The number of nitrogens with zero attached hydrogens (tertiary/aromatic N) is 2. The monoisotopic (exact) mass is 375 g/mol. The van der Waals surface area contributed by atoms with Crippen LogP contribution in [0.1, 0.15) is 33.8 Å². The van der Waals surface area contributed by atoms with E-state index in [1.807, 2.05) is 49.5 Å². The van der Waals surface area contributed by atoms with Gasteiger partial charge >= 0.3 is 0 Å². The Morgan fingerprint density at radius 2 is 2.07 bits per heavy atom. The van der Waals surface area contributed by atoms with Crippen molar-refractivity contribution in [2.45, 2.75) is 18.9 Å². The third kappa shape index (κ3) is 3.45. The van der Waals surface area contributed by atoms with Crippen LogP contribution in [-0.4, -0.2) is 43.0 Å². The summed E-state index contributed by atoms with van der Waals surface area (Å²) in [6.07, 6.45) is 2.83. The molecule has 1 fully saturated rings. The van der Waals surface area contributed by atoms with Gasteiger partial charge < -0.3 is 15.0 Å². The molecule has 1 atom stereocenters. The van der Waals surface area contributed by atoms with E-state index in [2.05, 4.69) is 16.4 Å². The first-order valence-corrected chi connectivity index (χ1v) is 9.64. The standard InChI is InChI=1S/C23H25N3O2/c1-26(15-17-9-10-21(28-2)22-19(17)8-5-12-25-22)23(27)20-7-4-3-6-18(20)16-11-13-24-14-16/h3-10,12,16,24H,11,13-15H2,1-2H3/t16-/m0/s1. The van der Waals surface area contributed by atoms with Gasteiger partial charge in [0.15, 0.2) is 0 Å². The lowest BCUT2D eigenvalue weighted by Crippen LogP contribution is -2.28. The lowest BCUT2D eigenvalue weighted by Gasteiger charge is -2.22. The van der Waals surface area contributed by atoms with Gasteiger partial charge in [0, 0.05) is 37.3 Å². The average molecular weight is 375 g/mol. The Morgan fingerprint density at radius 3 is 2.86 bits per heavy atom. The number of ether oxygens (including phenoxy) is 1. The molecule has 28 heavy (non-hydrogen) atoms. The highest BCUT2D eigenvalue weighted by atomic mass is 16.5. The van der Waals surface area contributed by atoms with Gasteiger partial charge in [-0.25, -0.2) is 0 Å². The van der Waals surface area contributed by atoms with Crippen molar-refractivity contribution < 1.29 is 9.53 Å². The number of hydrogen-bond acceptors (Lipinski definition) is 4. The number of methoxy groups -OCH3 is 1. The Balaban J connectivity index is 1.62. The number of nitrogens with one attached hydrogen (secondary N) is 1. The molecule has 5 nitrogen and oxygen atoms in total. The first-order chi connectivity index (χ1) is 13.7. The Hall–Kier alpha value is -2.92. The van der Waals surface area contributed by atoms with Crippen LogP contribution in [0.25, 0.3) is 10.9 Å². The van der Waals surface area contributed by atoms with Crippen LogP contribution in [0.3, 0.4) is 0 Å². The van der Waals surface area contributed by atoms with Gasteiger partial charge in [-0.2, -0.15) is 0 Å². The minimum Gasteiger partial charge on any atom is -0.494 e. The molecule has 0 radical (unpaired) electrons. The van der Waals surface area contributed by atoms with Crippen LogP contribution in [0, 0.1) is 0 Å². The van der Waals surface area contributed by atoms with Gasteiger partial charge in [-0.15, -0.1) is 0 Å². The lowest BCUT2D eigenvalue weighted by molar-refractivity contribution is 0.0784. The predicted molar refractivity (Wildman–Crippen MR) is 111 cm³/mol. The Kier molecular flexibility index (Phi) is 5.26. The Labute approximate surface area is 165 Å². The highest BCUT2D eigenvalue weighted by Gasteiger charge is 2.24. The van der Waals surface area contributed by atoms with E-state index >= 15 is 0 Å². The zero-order valence-corrected chi connectivity index (χ0v) is 16.3. The number of amides is 1. The molecule has 0 spiro atoms. The van der Waals surface area contributed by atoms with E-state index < -0.39 is 0 Å². The number of carbonyl (C=O) groups is 1. The maximum atomic E-state index is 13.3. The average Bonchev–Trinajstić information content (AvgIpc) is 3.28. The SMILES string of the molecule is COc1ccc(CN(C)C(=O)c2ccccc2[C@H]2CCNC2)c2cccnc12. The van der Waals surface area contributed by atoms with Crippen LogP contribution < -0.4 is 10.1 Å². The third-order valence-corrected chi connectivity index (χ3v) is 5.49. The molecule has 1 aromatic heterocycles. The van der Waals surface area contributed by atoms with Crippen LogP contribution in [-0.2, 0) is 6.54 Å². The molecule has 1 N–H and O–H groups in total. The van der Waals surface area contributed by atoms with Gasteiger partial charge in [0.2, 0.25) is 0 Å². The summed E-state index contributed by atoms with van der Waals surface area (Å²) in [6, 6.07) is 15.9. The highest BCUT2D eigenvalue weighted by Crippen LogP contribution is 2.29. The summed E-state index contributed by atoms with van der Waals surface area (Å²) < 4.78 is 5.43. The number of aromatic nitrogens is 1. The molecule has 4 rings (SSSR count). The quantitative estimate of drug-likeness (QED) is 0.740. The van der Waals surface area contributed by atoms with Gasteiger partial charge in [-0.1, -0.05) is 30.3 Å². The topological polar surface area (TPSA) is 54.5 Å². The third-order valence-electron chi connectivity index (χ3n) is 5.49. The van der Waals surface area contributed by atoms with Crippen molar-refractivity contribution in [3.05, 3.63) is 71.4 Å². The van der Waals surface area contributed by atoms with Crippen LogP contribution in [0.5, 0.6) is 5.75 Å². The van der Waals surface area contributed by atoms with Crippen LogP contribution in [0.15, 0.2) is 54.7 Å². The molecular formula is C23H25N3O2. The van der Waals surface area contributed by atoms with Gasteiger partial charge in [-0.3, -0.25) is 9.78 Å². The number of carbonyl (C=O) groups excluding carboxylic acids is 1. The van der Waals surface area contributed by atoms with Crippen molar-refractivity contribution in [1.29, 1.82) is 0 Å². The molecule has 1 amide bonds. The van der Waals surface area contributed by atoms with E-state index in [-0.39, 0.29) is 5.91 Å². The van der Waals surface area contributed by atoms with Gasteiger partial charge in [0.05, 0.1) is 7.11 Å². The fourth-order valence-electron chi connectivity index (χ4n) is 4.01. The summed E-state index contributed by atoms with van der Waals surface area (Å²) in [7, 11) is 3.51. The highest BCUT2D eigenvalue weighted by molar-refractivity contribution is 5.96. The molecule has 0 bridgehead atoms. The summed E-state index contributed by atoms with van der Waals surface area (Å²) >= 11 is 0. The zero-order valence-electron chi connectivity index (χ0n) is 16.3. The second kappa shape index (κ2) is 7.98. The summed E-state index contributed by atoms with van der Waals surface area (Å²) in [4.78, 5) is 19.5. The van der Waals surface area contributed by atoms with Crippen LogP contribution >= 0.6 is 0 Å². The molecular weight excluding hydrogens is 350 g/mol. The zero-order chi connectivity index (χ0) is 19.5. The maximum absolute atomic E-state index is 13.3. The van der Waals surface area contributed by atoms with E-state index in [1.165, 1.54) is 0 Å². The Morgan fingerprint density at radius 1 is 1.21 bits per heavy atom. The molecule has 1 aliphatic heterocycles. The van der Waals surface area contributed by atoms with Crippen LogP contribution in [0.4, 0.5) is 0 Å². The fraction of sp³-hybridized carbons (Fsp3) is 0.304. The molecule has 1 saturated heterocycles. The van der Waals surface area contributed by atoms with E-state index in [0.717, 1.165) is 52.9 Å². The molecule has 0 unspecified atom stereocenters. The molecule has 3 aromatic rings. The largest absolute Gasteiger partial charge is 0.494 e. The minimum atomic E-state index is 0.0513. The Bertz CT molecular complexity index is 996. The number of benzene rings is 2. The minimum absolute atomic E-state index is 0.0513. The fourth-order valence-corrected chi connectivity index (χ4v) is 4.01. The first kappa shape index (κ1) is 18.4. The number of fused-ring (bicyclic) bond motifs is 1. The molecule has 5 heteroatoms. The normalized spacial score (nSPS) is 16.3. The van der Waals surface area contributed by atoms with Crippen molar-refractivity contribution in [3.63, 3.8) is 0 Å². The second-order valence-corrected chi connectivity index (χ2v) is 7.26. The van der Waals surface area contributed by atoms with Crippen molar-refractivity contribution >= 4 is 16.8 Å². The summed E-state index contributed by atoms with van der Waals surface area (Å²) in [5.41, 5.74) is 3.82. The van der Waals surface area contributed by atoms with Gasteiger partial charge in [0.25, 0.3) is 5.91 Å². The van der Waals surface area contributed by atoms with E-state index in [1.54, 1.807) is 18.2 Å². The van der Waals surface area contributed by atoms with Gasteiger partial charge in [-0.05, 0) is 48.2 Å². The number of pyridine rings is 1. The van der Waals surface area contributed by atoms with Crippen molar-refractivity contribution in [2.75, 3.05) is 27.2 Å².